The number of hydrogen-bond donors (Lipinski definition) is 0. The number of rotatable bonds is 3. The van der Waals surface area contributed by atoms with Crippen LogP contribution in [0.1, 0.15) is 16.7 Å². The summed E-state index contributed by atoms with van der Waals surface area (Å²) in [6.45, 7) is 2.17. The Labute approximate surface area is 142 Å². The van der Waals surface area contributed by atoms with Gasteiger partial charge in [0.1, 0.15) is 0 Å². The summed E-state index contributed by atoms with van der Waals surface area (Å²) in [5.74, 6) is 0. The van der Waals surface area contributed by atoms with Crippen molar-refractivity contribution in [2.24, 2.45) is 0 Å². The van der Waals surface area contributed by atoms with Gasteiger partial charge in [0.05, 0.1) is 11.2 Å². The lowest BCUT2D eigenvalue weighted by molar-refractivity contribution is 1.14. The van der Waals surface area contributed by atoms with Gasteiger partial charge < -0.3 is 0 Å². The summed E-state index contributed by atoms with van der Waals surface area (Å²) in [4.78, 5) is 4.97. The van der Waals surface area contributed by atoms with Crippen LogP contribution in [0.2, 0.25) is 0 Å². The molecule has 0 saturated heterocycles. The van der Waals surface area contributed by atoms with Crippen LogP contribution in [0.15, 0.2) is 84.9 Å². The minimum Gasteiger partial charge on any atom is -0.247 e. The highest BCUT2D eigenvalue weighted by atomic mass is 14.7. The van der Waals surface area contributed by atoms with Gasteiger partial charge >= 0.3 is 0 Å². The number of fused-ring (bicyclic) bond motifs is 1. The zero-order valence-corrected chi connectivity index (χ0v) is 13.7. The molecule has 24 heavy (non-hydrogen) atoms. The molecule has 4 rings (SSSR count). The van der Waals surface area contributed by atoms with Crippen LogP contribution < -0.4 is 0 Å². The highest BCUT2D eigenvalue weighted by Crippen LogP contribution is 2.28. The van der Waals surface area contributed by atoms with E-state index in [0.29, 0.717) is 0 Å². The molecule has 1 heterocycles. The van der Waals surface area contributed by atoms with Gasteiger partial charge in [-0.3, -0.25) is 0 Å². The maximum absolute atomic E-state index is 4.97. The first-order valence-electron chi connectivity index (χ1n) is 8.30. The average molecular weight is 309 g/mol. The molecule has 0 radical (unpaired) electrons. The minimum atomic E-state index is 0.898. The van der Waals surface area contributed by atoms with Crippen LogP contribution in [-0.4, -0.2) is 4.98 Å². The number of nitrogens with zero attached hydrogens (tertiary/aromatic N) is 1. The first-order valence-corrected chi connectivity index (χ1v) is 8.30. The van der Waals surface area contributed by atoms with Gasteiger partial charge in [0.15, 0.2) is 0 Å². The maximum atomic E-state index is 4.97. The lowest BCUT2D eigenvalue weighted by Gasteiger charge is -2.12. The molecule has 0 aliphatic heterocycles. The van der Waals surface area contributed by atoms with Crippen molar-refractivity contribution in [2.75, 3.05) is 0 Å². The van der Waals surface area contributed by atoms with Crippen LogP contribution in [0.3, 0.4) is 0 Å². The summed E-state index contributed by atoms with van der Waals surface area (Å²) >= 11 is 0. The number of para-hydroxylation sites is 1. The number of benzene rings is 3. The zero-order chi connectivity index (χ0) is 16.4. The third-order valence-electron chi connectivity index (χ3n) is 4.49. The Kier molecular flexibility index (Phi) is 3.84. The predicted octanol–water partition coefficient (Wildman–Crippen LogP) is 5.80. The molecular formula is C23H19N. The summed E-state index contributed by atoms with van der Waals surface area (Å²) in [5.41, 5.74) is 7.25. The molecule has 0 amide bonds. The van der Waals surface area contributed by atoms with Gasteiger partial charge in [-0.1, -0.05) is 72.8 Å². The fraction of sp³-hybridized carbons (Fsp3) is 0.0870. The van der Waals surface area contributed by atoms with E-state index in [4.69, 9.17) is 4.98 Å². The molecule has 0 N–H and O–H groups in total. The molecule has 0 unspecified atom stereocenters. The van der Waals surface area contributed by atoms with Crippen LogP contribution in [-0.2, 0) is 6.42 Å². The summed E-state index contributed by atoms with van der Waals surface area (Å²) in [7, 11) is 0. The van der Waals surface area contributed by atoms with Crippen molar-refractivity contribution in [3.8, 4) is 11.3 Å². The van der Waals surface area contributed by atoms with E-state index in [9.17, 15) is 0 Å². The summed E-state index contributed by atoms with van der Waals surface area (Å²) < 4.78 is 0. The van der Waals surface area contributed by atoms with E-state index in [1.165, 1.54) is 27.6 Å². The molecule has 1 aromatic heterocycles. The third kappa shape index (κ3) is 2.81. The lowest BCUT2D eigenvalue weighted by Crippen LogP contribution is -1.98. The smallest absolute Gasteiger partial charge is 0.0745 e. The minimum absolute atomic E-state index is 0.898. The molecule has 4 aromatic rings. The standard InChI is InChI=1S/C23H19N/c1-17-9-5-6-12-19(17)15-21-16-20-13-7-8-14-22(20)24-23(21)18-10-3-2-4-11-18/h2-14,16H,15H2,1H3. The van der Waals surface area contributed by atoms with Gasteiger partial charge in [-0.25, -0.2) is 4.98 Å². The molecule has 116 valence electrons. The maximum Gasteiger partial charge on any atom is 0.0745 e. The predicted molar refractivity (Wildman–Crippen MR) is 101 cm³/mol. The SMILES string of the molecule is Cc1ccccc1Cc1cc2ccccc2nc1-c1ccccc1. The summed E-state index contributed by atoms with van der Waals surface area (Å²) in [6, 6.07) is 29.7. The van der Waals surface area contributed by atoms with Gasteiger partial charge in [-0.15, -0.1) is 0 Å². The monoisotopic (exact) mass is 309 g/mol. The van der Waals surface area contributed by atoms with Crippen LogP contribution in [0, 0.1) is 6.92 Å². The molecular weight excluding hydrogens is 290 g/mol. The number of aromatic nitrogens is 1. The van der Waals surface area contributed by atoms with E-state index < -0.39 is 0 Å². The molecule has 0 aliphatic rings. The van der Waals surface area contributed by atoms with Crippen molar-refractivity contribution in [1.29, 1.82) is 0 Å². The van der Waals surface area contributed by atoms with E-state index in [1.807, 2.05) is 12.1 Å². The van der Waals surface area contributed by atoms with Crippen molar-refractivity contribution in [1.82, 2.24) is 4.98 Å². The van der Waals surface area contributed by atoms with Crippen molar-refractivity contribution in [2.45, 2.75) is 13.3 Å². The highest BCUT2D eigenvalue weighted by Gasteiger charge is 2.10. The molecule has 0 bridgehead atoms. The quantitative estimate of drug-likeness (QED) is 0.466. The summed E-state index contributed by atoms with van der Waals surface area (Å²) in [5, 5.41) is 1.20. The van der Waals surface area contributed by atoms with E-state index >= 15 is 0 Å². The van der Waals surface area contributed by atoms with Gasteiger partial charge in [0.25, 0.3) is 0 Å². The molecule has 0 atom stereocenters. The van der Waals surface area contributed by atoms with Crippen molar-refractivity contribution >= 4 is 10.9 Å². The molecule has 0 fully saturated rings. The molecule has 3 aromatic carbocycles. The Bertz CT molecular complexity index is 987. The number of pyridine rings is 1. The fourth-order valence-electron chi connectivity index (χ4n) is 3.15. The number of aryl methyl sites for hydroxylation is 1. The number of hydrogen-bond acceptors (Lipinski definition) is 1. The van der Waals surface area contributed by atoms with Gasteiger partial charge in [0, 0.05) is 10.9 Å². The first-order chi connectivity index (χ1) is 11.8. The Morgan fingerprint density at radius 1 is 0.708 bits per heavy atom. The van der Waals surface area contributed by atoms with Gasteiger partial charge in [-0.2, -0.15) is 0 Å². The Morgan fingerprint density at radius 3 is 2.25 bits per heavy atom. The molecule has 1 nitrogen and oxygen atoms in total. The highest BCUT2D eigenvalue weighted by molar-refractivity contribution is 5.83. The average Bonchev–Trinajstić information content (AvgIpc) is 2.64. The van der Waals surface area contributed by atoms with Crippen molar-refractivity contribution in [3.63, 3.8) is 0 Å². The van der Waals surface area contributed by atoms with Crippen LogP contribution in [0.4, 0.5) is 0 Å². The van der Waals surface area contributed by atoms with E-state index in [2.05, 4.69) is 79.7 Å². The van der Waals surface area contributed by atoms with Crippen LogP contribution in [0.5, 0.6) is 0 Å². The van der Waals surface area contributed by atoms with E-state index in [1.54, 1.807) is 0 Å². The zero-order valence-electron chi connectivity index (χ0n) is 13.7. The topological polar surface area (TPSA) is 12.9 Å². The molecule has 0 spiro atoms. The lowest BCUT2D eigenvalue weighted by atomic mass is 9.95. The first kappa shape index (κ1) is 14.6. The van der Waals surface area contributed by atoms with Crippen molar-refractivity contribution in [3.05, 3.63) is 102 Å². The molecule has 0 aliphatic carbocycles. The Hall–Kier alpha value is -2.93. The largest absolute Gasteiger partial charge is 0.247 e. The van der Waals surface area contributed by atoms with E-state index in [-0.39, 0.29) is 0 Å². The van der Waals surface area contributed by atoms with Crippen LogP contribution in [0.25, 0.3) is 22.2 Å². The second kappa shape index (κ2) is 6.29. The second-order valence-electron chi connectivity index (χ2n) is 6.16. The Morgan fingerprint density at radius 2 is 1.42 bits per heavy atom. The van der Waals surface area contributed by atoms with Gasteiger partial charge in [0.2, 0.25) is 0 Å². The fourth-order valence-corrected chi connectivity index (χ4v) is 3.15. The normalized spacial score (nSPS) is 10.9. The van der Waals surface area contributed by atoms with E-state index in [0.717, 1.165) is 17.6 Å². The van der Waals surface area contributed by atoms with Crippen LogP contribution >= 0.6 is 0 Å². The third-order valence-corrected chi connectivity index (χ3v) is 4.49. The molecule has 1 heteroatoms. The Balaban J connectivity index is 1.90. The van der Waals surface area contributed by atoms with Gasteiger partial charge in [-0.05, 0) is 42.2 Å². The summed E-state index contributed by atoms with van der Waals surface area (Å²) in [6.07, 6.45) is 0.898. The van der Waals surface area contributed by atoms with Crippen molar-refractivity contribution < 1.29 is 0 Å². The molecule has 0 saturated carbocycles. The second-order valence-corrected chi connectivity index (χ2v) is 6.16.